The monoisotopic (exact) mass is 430 g/mol. The van der Waals surface area contributed by atoms with Gasteiger partial charge >= 0.3 is 0 Å². The summed E-state index contributed by atoms with van der Waals surface area (Å²) in [7, 11) is 0. The van der Waals surface area contributed by atoms with Gasteiger partial charge in [0, 0.05) is 28.6 Å². The van der Waals surface area contributed by atoms with Gasteiger partial charge in [0.25, 0.3) is 11.8 Å². The summed E-state index contributed by atoms with van der Waals surface area (Å²) in [5.74, 6) is 0.571. The van der Waals surface area contributed by atoms with E-state index in [4.69, 9.17) is 32.6 Å². The number of amides is 1. The van der Waals surface area contributed by atoms with Crippen LogP contribution in [0.3, 0.4) is 0 Å². The Hall–Kier alpha value is -2.90. The molecule has 1 aromatic heterocycles. The predicted molar refractivity (Wildman–Crippen MR) is 109 cm³/mol. The summed E-state index contributed by atoms with van der Waals surface area (Å²) < 4.78 is 5.28. The zero-order valence-corrected chi connectivity index (χ0v) is 16.7. The van der Waals surface area contributed by atoms with Gasteiger partial charge in [0.2, 0.25) is 0 Å². The fourth-order valence-electron chi connectivity index (χ4n) is 2.88. The third-order valence-electron chi connectivity index (χ3n) is 4.29. The Morgan fingerprint density at radius 3 is 2.72 bits per heavy atom. The summed E-state index contributed by atoms with van der Waals surface area (Å²) in [5, 5.41) is 11.9. The van der Waals surface area contributed by atoms with Crippen molar-refractivity contribution in [1.82, 2.24) is 15.5 Å². The lowest BCUT2D eigenvalue weighted by Crippen LogP contribution is -2.30. The van der Waals surface area contributed by atoms with Crippen LogP contribution < -0.4 is 5.32 Å². The number of aromatic nitrogens is 2. The second-order valence-electron chi connectivity index (χ2n) is 6.51. The summed E-state index contributed by atoms with van der Waals surface area (Å²) in [5.41, 5.74) is 1.97. The third-order valence-corrected chi connectivity index (χ3v) is 4.76. The van der Waals surface area contributed by atoms with Crippen LogP contribution in [-0.4, -0.2) is 27.9 Å². The highest BCUT2D eigenvalue weighted by molar-refractivity contribution is 6.39. The lowest BCUT2D eigenvalue weighted by Gasteiger charge is -2.05. The van der Waals surface area contributed by atoms with Crippen molar-refractivity contribution < 1.29 is 14.2 Å². The molecule has 2 aromatic carbocycles. The Balaban J connectivity index is 1.30. The van der Waals surface area contributed by atoms with Gasteiger partial charge < -0.3 is 14.7 Å². The first kappa shape index (κ1) is 19.4. The van der Waals surface area contributed by atoms with Crippen LogP contribution in [0.15, 0.2) is 58.2 Å². The summed E-state index contributed by atoms with van der Waals surface area (Å²) in [6, 6.07) is 14.5. The van der Waals surface area contributed by atoms with E-state index in [2.05, 4.69) is 20.6 Å². The molecule has 0 radical (unpaired) electrons. The summed E-state index contributed by atoms with van der Waals surface area (Å²) in [6.45, 7) is 0.358. The fourth-order valence-corrected chi connectivity index (χ4v) is 3.29. The molecule has 0 fully saturated rings. The number of carbonyl (C=O) groups is 1. The minimum atomic E-state index is -0.327. The molecule has 0 spiro atoms. The molecule has 1 N–H and O–H groups in total. The zero-order chi connectivity index (χ0) is 20.2. The largest absolute Gasteiger partial charge is 0.391 e. The molecule has 29 heavy (non-hydrogen) atoms. The highest BCUT2D eigenvalue weighted by atomic mass is 35.5. The predicted octanol–water partition coefficient (Wildman–Crippen LogP) is 4.05. The first-order chi connectivity index (χ1) is 14.1. The van der Waals surface area contributed by atoms with E-state index in [9.17, 15) is 4.79 Å². The minimum absolute atomic E-state index is 0.278. The molecule has 1 aliphatic heterocycles. The summed E-state index contributed by atoms with van der Waals surface area (Å²) in [6.07, 6.45) is 0.410. The molecule has 3 aromatic rings. The van der Waals surface area contributed by atoms with E-state index >= 15 is 0 Å². The molecule has 0 unspecified atom stereocenters. The average Bonchev–Trinajstić information content (AvgIpc) is 3.36. The van der Waals surface area contributed by atoms with Gasteiger partial charge in [-0.15, -0.1) is 0 Å². The quantitative estimate of drug-likeness (QED) is 0.636. The average molecular weight is 431 g/mol. The normalized spacial score (nSPS) is 15.7. The number of rotatable bonds is 6. The number of benzene rings is 2. The van der Waals surface area contributed by atoms with E-state index < -0.39 is 0 Å². The molecule has 1 atom stereocenters. The van der Waals surface area contributed by atoms with E-state index in [1.54, 1.807) is 24.3 Å². The lowest BCUT2D eigenvalue weighted by molar-refractivity contribution is -0.115. The van der Waals surface area contributed by atoms with Crippen LogP contribution in [-0.2, 0) is 22.6 Å². The van der Waals surface area contributed by atoms with E-state index in [0.29, 0.717) is 46.9 Å². The number of carbonyl (C=O) groups excluding carboxylic acids is 1. The molecule has 0 saturated heterocycles. The third kappa shape index (κ3) is 4.93. The molecule has 148 valence electrons. The number of hydrogen-bond acceptors (Lipinski definition) is 6. The Morgan fingerprint density at radius 2 is 1.93 bits per heavy atom. The number of hydrogen-bond donors (Lipinski definition) is 1. The van der Waals surface area contributed by atoms with Gasteiger partial charge in [-0.3, -0.25) is 4.79 Å². The van der Waals surface area contributed by atoms with Crippen LogP contribution in [0.2, 0.25) is 10.0 Å². The molecule has 0 saturated carbocycles. The molecule has 7 nitrogen and oxygen atoms in total. The first-order valence-electron chi connectivity index (χ1n) is 8.90. The summed E-state index contributed by atoms with van der Waals surface area (Å²) in [4.78, 5) is 22.0. The van der Waals surface area contributed by atoms with E-state index in [1.807, 2.05) is 24.3 Å². The Morgan fingerprint density at radius 1 is 1.14 bits per heavy atom. The fraction of sp³-hybridized carbons (Fsp3) is 0.200. The van der Waals surface area contributed by atoms with Crippen LogP contribution in [0.1, 0.15) is 17.8 Å². The maximum absolute atomic E-state index is 12.3. The SMILES string of the molecule is O=C(NCc1cccc(Cl)c1)C1=NO[C@@H](Cc2noc(-c3cccc(Cl)c3)n2)C1. The van der Waals surface area contributed by atoms with Crippen LogP contribution >= 0.6 is 23.2 Å². The van der Waals surface area contributed by atoms with Crippen molar-refractivity contribution >= 4 is 34.8 Å². The Kier molecular flexibility index (Phi) is 5.78. The van der Waals surface area contributed by atoms with Crippen LogP contribution in [0.4, 0.5) is 0 Å². The van der Waals surface area contributed by atoms with Crippen molar-refractivity contribution in [2.75, 3.05) is 0 Å². The Labute approximate surface area is 176 Å². The molecular weight excluding hydrogens is 415 g/mol. The van der Waals surface area contributed by atoms with Crippen molar-refractivity contribution in [2.45, 2.75) is 25.5 Å². The van der Waals surface area contributed by atoms with Gasteiger partial charge in [-0.05, 0) is 35.9 Å². The van der Waals surface area contributed by atoms with Crippen molar-refractivity contribution in [3.63, 3.8) is 0 Å². The van der Waals surface area contributed by atoms with Gasteiger partial charge in [-0.1, -0.05) is 51.7 Å². The molecule has 4 rings (SSSR count). The summed E-state index contributed by atoms with van der Waals surface area (Å²) >= 11 is 11.9. The van der Waals surface area contributed by atoms with E-state index in [0.717, 1.165) is 11.1 Å². The Bertz CT molecular complexity index is 1070. The van der Waals surface area contributed by atoms with Crippen LogP contribution in [0.25, 0.3) is 11.5 Å². The van der Waals surface area contributed by atoms with Gasteiger partial charge in [-0.2, -0.15) is 4.98 Å². The van der Waals surface area contributed by atoms with Gasteiger partial charge in [-0.25, -0.2) is 0 Å². The lowest BCUT2D eigenvalue weighted by atomic mass is 10.1. The van der Waals surface area contributed by atoms with Crippen molar-refractivity contribution in [1.29, 1.82) is 0 Å². The number of halogens is 2. The second kappa shape index (κ2) is 8.63. The first-order valence-corrected chi connectivity index (χ1v) is 9.66. The van der Waals surface area contributed by atoms with Gasteiger partial charge in [0.1, 0.15) is 11.8 Å². The zero-order valence-electron chi connectivity index (χ0n) is 15.1. The standard InChI is InChI=1S/C20H16Cl2N4O3/c21-14-5-1-3-12(7-14)11-23-19(27)17-9-16(28-25-17)10-18-24-20(29-26-18)13-4-2-6-15(22)8-13/h1-8,16H,9-11H2,(H,23,27)/t16-/m1/s1. The smallest absolute Gasteiger partial charge is 0.269 e. The van der Waals surface area contributed by atoms with Gasteiger partial charge in [0.15, 0.2) is 5.82 Å². The molecule has 9 heteroatoms. The molecule has 1 amide bonds. The molecule has 1 aliphatic rings. The van der Waals surface area contributed by atoms with Crippen LogP contribution in [0.5, 0.6) is 0 Å². The van der Waals surface area contributed by atoms with E-state index in [1.165, 1.54) is 0 Å². The molecule has 2 heterocycles. The maximum Gasteiger partial charge on any atom is 0.269 e. The molecular formula is C20H16Cl2N4O3. The second-order valence-corrected chi connectivity index (χ2v) is 7.39. The molecule has 0 aliphatic carbocycles. The topological polar surface area (TPSA) is 89.6 Å². The van der Waals surface area contributed by atoms with Crippen molar-refractivity contribution in [3.8, 4) is 11.5 Å². The maximum atomic E-state index is 12.3. The highest BCUT2D eigenvalue weighted by Gasteiger charge is 2.27. The number of nitrogens with zero attached hydrogens (tertiary/aromatic N) is 3. The molecule has 0 bridgehead atoms. The number of nitrogens with one attached hydrogen (secondary N) is 1. The van der Waals surface area contributed by atoms with Crippen LogP contribution in [0, 0.1) is 0 Å². The van der Waals surface area contributed by atoms with Crippen molar-refractivity contribution in [2.24, 2.45) is 5.16 Å². The highest BCUT2D eigenvalue weighted by Crippen LogP contribution is 2.22. The van der Waals surface area contributed by atoms with Crippen molar-refractivity contribution in [3.05, 3.63) is 70.0 Å². The van der Waals surface area contributed by atoms with E-state index in [-0.39, 0.29) is 12.0 Å². The minimum Gasteiger partial charge on any atom is -0.391 e. The van der Waals surface area contributed by atoms with Gasteiger partial charge in [0.05, 0.1) is 6.42 Å². The number of oxime groups is 1.